The fourth-order valence-corrected chi connectivity index (χ4v) is 2.67. The second-order valence-electron chi connectivity index (χ2n) is 4.98. The molecule has 22 heavy (non-hydrogen) atoms. The quantitative estimate of drug-likeness (QED) is 0.576. The molecule has 4 aromatic rings. The van der Waals surface area contributed by atoms with Gasteiger partial charge in [-0.15, -0.1) is 10.2 Å². The van der Waals surface area contributed by atoms with E-state index >= 15 is 0 Å². The SMILES string of the molecule is O=Cc1cc2ccccc2n2c(-c3ccccc3O)nnc12. The predicted octanol–water partition coefficient (Wildman–Crippen LogP) is 3.07. The van der Waals surface area contributed by atoms with Crippen molar-refractivity contribution in [1.29, 1.82) is 0 Å². The number of pyridine rings is 1. The van der Waals surface area contributed by atoms with Gasteiger partial charge >= 0.3 is 0 Å². The van der Waals surface area contributed by atoms with Gasteiger partial charge in [0.15, 0.2) is 17.8 Å². The molecule has 0 bridgehead atoms. The highest BCUT2D eigenvalue weighted by atomic mass is 16.3. The van der Waals surface area contributed by atoms with E-state index in [1.807, 2.05) is 30.3 Å². The zero-order valence-electron chi connectivity index (χ0n) is 11.5. The molecule has 106 valence electrons. The van der Waals surface area contributed by atoms with Gasteiger partial charge in [0.25, 0.3) is 0 Å². The highest BCUT2D eigenvalue weighted by molar-refractivity contribution is 5.94. The molecule has 0 aliphatic carbocycles. The summed E-state index contributed by atoms with van der Waals surface area (Å²) in [7, 11) is 0. The third kappa shape index (κ3) is 1.69. The van der Waals surface area contributed by atoms with Crippen LogP contribution in [0, 0.1) is 0 Å². The number of aromatic hydroxyl groups is 1. The largest absolute Gasteiger partial charge is 0.507 e. The molecule has 5 nitrogen and oxygen atoms in total. The first kappa shape index (κ1) is 12.5. The Hall–Kier alpha value is -3.21. The van der Waals surface area contributed by atoms with Crippen LogP contribution in [0.3, 0.4) is 0 Å². The number of fused-ring (bicyclic) bond motifs is 3. The van der Waals surface area contributed by atoms with Crippen molar-refractivity contribution in [2.45, 2.75) is 0 Å². The third-order valence-electron chi connectivity index (χ3n) is 3.68. The zero-order valence-corrected chi connectivity index (χ0v) is 11.5. The van der Waals surface area contributed by atoms with Gasteiger partial charge in [0, 0.05) is 0 Å². The number of hydrogen-bond donors (Lipinski definition) is 1. The van der Waals surface area contributed by atoms with E-state index in [1.54, 1.807) is 28.7 Å². The first-order valence-corrected chi connectivity index (χ1v) is 6.80. The predicted molar refractivity (Wildman–Crippen MR) is 83.0 cm³/mol. The van der Waals surface area contributed by atoms with Crippen LogP contribution in [0.15, 0.2) is 54.6 Å². The number of rotatable bonds is 2. The topological polar surface area (TPSA) is 67.5 Å². The van der Waals surface area contributed by atoms with Crippen LogP contribution in [0.5, 0.6) is 5.75 Å². The van der Waals surface area contributed by atoms with Gasteiger partial charge in [0.2, 0.25) is 0 Å². The molecule has 0 spiro atoms. The maximum Gasteiger partial charge on any atom is 0.172 e. The van der Waals surface area contributed by atoms with Crippen LogP contribution in [-0.2, 0) is 0 Å². The highest BCUT2D eigenvalue weighted by Crippen LogP contribution is 2.30. The standard InChI is InChI=1S/C17H11N3O2/c21-10-12-9-11-5-1-3-7-14(11)20-16(12)18-19-17(20)13-6-2-4-8-15(13)22/h1-10,22H. The maximum atomic E-state index is 11.3. The zero-order chi connectivity index (χ0) is 15.1. The van der Waals surface area contributed by atoms with E-state index in [1.165, 1.54) is 0 Å². The van der Waals surface area contributed by atoms with Gasteiger partial charge in [0.1, 0.15) is 5.75 Å². The smallest absolute Gasteiger partial charge is 0.172 e. The molecule has 0 amide bonds. The molecular weight excluding hydrogens is 278 g/mol. The first-order valence-electron chi connectivity index (χ1n) is 6.80. The molecule has 0 aliphatic heterocycles. The molecule has 0 unspecified atom stereocenters. The molecule has 5 heteroatoms. The van der Waals surface area contributed by atoms with Gasteiger partial charge in [-0.25, -0.2) is 0 Å². The summed E-state index contributed by atoms with van der Waals surface area (Å²) in [6.07, 6.45) is 0.769. The van der Waals surface area contributed by atoms with Crippen molar-refractivity contribution >= 4 is 22.8 Å². The first-order chi connectivity index (χ1) is 10.8. The van der Waals surface area contributed by atoms with Crippen LogP contribution in [0.4, 0.5) is 0 Å². The van der Waals surface area contributed by atoms with Crippen molar-refractivity contribution in [2.75, 3.05) is 0 Å². The van der Waals surface area contributed by atoms with Crippen molar-refractivity contribution in [3.05, 3.63) is 60.2 Å². The van der Waals surface area contributed by atoms with Gasteiger partial charge in [0.05, 0.1) is 16.6 Å². The van der Waals surface area contributed by atoms with Crippen molar-refractivity contribution in [2.24, 2.45) is 0 Å². The molecule has 0 atom stereocenters. The minimum Gasteiger partial charge on any atom is -0.507 e. The van der Waals surface area contributed by atoms with E-state index in [9.17, 15) is 9.90 Å². The fourth-order valence-electron chi connectivity index (χ4n) is 2.67. The molecule has 4 rings (SSSR count). The van der Waals surface area contributed by atoms with Gasteiger partial charge < -0.3 is 5.11 Å². The molecule has 0 radical (unpaired) electrons. The molecule has 0 aliphatic rings. The van der Waals surface area contributed by atoms with Crippen LogP contribution in [0.1, 0.15) is 10.4 Å². The Kier molecular flexibility index (Phi) is 2.66. The Morgan fingerprint density at radius 1 is 1.00 bits per heavy atom. The lowest BCUT2D eigenvalue weighted by Crippen LogP contribution is -1.96. The Labute approximate surface area is 125 Å². The third-order valence-corrected chi connectivity index (χ3v) is 3.68. The van der Waals surface area contributed by atoms with Crippen molar-refractivity contribution < 1.29 is 9.90 Å². The Balaban J connectivity index is 2.20. The number of benzene rings is 2. The second kappa shape index (κ2) is 4.66. The summed E-state index contributed by atoms with van der Waals surface area (Å²) in [5, 5.41) is 19.3. The van der Waals surface area contributed by atoms with Gasteiger partial charge in [-0.1, -0.05) is 30.3 Å². The lowest BCUT2D eigenvalue weighted by molar-refractivity contribution is 0.112. The van der Waals surface area contributed by atoms with Gasteiger partial charge in [-0.05, 0) is 29.7 Å². The summed E-state index contributed by atoms with van der Waals surface area (Å²) in [4.78, 5) is 11.3. The van der Waals surface area contributed by atoms with Crippen molar-refractivity contribution in [3.63, 3.8) is 0 Å². The molecule has 1 N–H and O–H groups in total. The van der Waals surface area contributed by atoms with E-state index in [4.69, 9.17) is 0 Å². The highest BCUT2D eigenvalue weighted by Gasteiger charge is 2.16. The molecular formula is C17H11N3O2. The molecule has 0 fully saturated rings. The van der Waals surface area contributed by atoms with Crippen LogP contribution in [-0.4, -0.2) is 26.0 Å². The molecule has 0 saturated heterocycles. The number of carbonyl (C=O) groups is 1. The number of aromatic nitrogens is 3. The average molecular weight is 289 g/mol. The Bertz CT molecular complexity index is 1020. The van der Waals surface area contributed by atoms with Crippen molar-refractivity contribution in [1.82, 2.24) is 14.6 Å². The fraction of sp³-hybridized carbons (Fsp3) is 0. The summed E-state index contributed by atoms with van der Waals surface area (Å²) < 4.78 is 1.80. The number of carbonyl (C=O) groups excluding carboxylic acids is 1. The molecule has 0 saturated carbocycles. The van der Waals surface area contributed by atoms with Crippen LogP contribution < -0.4 is 0 Å². The molecule has 2 aromatic carbocycles. The average Bonchev–Trinajstić information content (AvgIpc) is 2.99. The summed E-state index contributed by atoms with van der Waals surface area (Å²) in [5.41, 5.74) is 2.40. The summed E-state index contributed by atoms with van der Waals surface area (Å²) >= 11 is 0. The number of phenolic OH excluding ortho intramolecular Hbond substituents is 1. The van der Waals surface area contributed by atoms with Crippen molar-refractivity contribution in [3.8, 4) is 17.1 Å². The van der Waals surface area contributed by atoms with E-state index in [0.29, 0.717) is 22.6 Å². The minimum absolute atomic E-state index is 0.123. The maximum absolute atomic E-state index is 11.3. The van der Waals surface area contributed by atoms with Gasteiger partial charge in [-0.3, -0.25) is 9.20 Å². The monoisotopic (exact) mass is 289 g/mol. The van der Waals surface area contributed by atoms with E-state index in [-0.39, 0.29) is 5.75 Å². The van der Waals surface area contributed by atoms with Gasteiger partial charge in [-0.2, -0.15) is 0 Å². The number of hydrogen-bond acceptors (Lipinski definition) is 4. The normalized spacial score (nSPS) is 11.1. The number of phenols is 1. The molecule has 2 heterocycles. The lowest BCUT2D eigenvalue weighted by atomic mass is 10.1. The van der Waals surface area contributed by atoms with E-state index in [0.717, 1.165) is 17.2 Å². The summed E-state index contributed by atoms with van der Waals surface area (Å²) in [6.45, 7) is 0. The van der Waals surface area contributed by atoms with E-state index < -0.39 is 0 Å². The summed E-state index contributed by atoms with van der Waals surface area (Å²) in [5.74, 6) is 0.630. The second-order valence-corrected chi connectivity index (χ2v) is 4.98. The summed E-state index contributed by atoms with van der Waals surface area (Å²) in [6, 6.07) is 16.4. The number of para-hydroxylation sites is 2. The van der Waals surface area contributed by atoms with E-state index in [2.05, 4.69) is 10.2 Å². The van der Waals surface area contributed by atoms with Crippen LogP contribution in [0.25, 0.3) is 27.9 Å². The molecule has 2 aromatic heterocycles. The number of nitrogens with zero attached hydrogens (tertiary/aromatic N) is 3. The Morgan fingerprint density at radius 3 is 2.59 bits per heavy atom. The van der Waals surface area contributed by atoms with Crippen LogP contribution >= 0.6 is 0 Å². The lowest BCUT2D eigenvalue weighted by Gasteiger charge is -2.07. The minimum atomic E-state index is 0.123. The number of aldehydes is 1. The van der Waals surface area contributed by atoms with Crippen LogP contribution in [0.2, 0.25) is 0 Å². The Morgan fingerprint density at radius 2 is 1.77 bits per heavy atom.